The number of hydrogen-bond donors (Lipinski definition) is 1. The first-order chi connectivity index (χ1) is 12.0. The maximum atomic E-state index is 15.3. The van der Waals surface area contributed by atoms with Crippen molar-refractivity contribution in [1.29, 1.82) is 0 Å². The Bertz CT molecular complexity index is 708. The number of amides is 1. The van der Waals surface area contributed by atoms with Crippen molar-refractivity contribution < 1.29 is 23.5 Å². The first-order valence-electron chi connectivity index (χ1n) is 7.84. The fourth-order valence-electron chi connectivity index (χ4n) is 2.45. The number of ether oxygens (including phenoxy) is 2. The predicted molar refractivity (Wildman–Crippen MR) is 90.6 cm³/mol. The molecule has 0 aliphatic heterocycles. The van der Waals surface area contributed by atoms with Crippen molar-refractivity contribution in [3.05, 3.63) is 71.8 Å². The molecule has 0 saturated carbocycles. The number of rotatable bonds is 7. The van der Waals surface area contributed by atoms with E-state index in [1.54, 1.807) is 55.5 Å². The van der Waals surface area contributed by atoms with Crippen molar-refractivity contribution in [2.75, 3.05) is 13.7 Å². The lowest BCUT2D eigenvalue weighted by atomic mass is 9.99. The second kappa shape index (κ2) is 8.39. The first-order valence-corrected chi connectivity index (χ1v) is 7.84. The van der Waals surface area contributed by atoms with E-state index in [1.165, 1.54) is 12.1 Å². The zero-order valence-electron chi connectivity index (χ0n) is 14.1. The lowest BCUT2D eigenvalue weighted by Crippen LogP contribution is -2.60. The van der Waals surface area contributed by atoms with E-state index in [2.05, 4.69) is 5.32 Å². The number of hydrogen-bond acceptors (Lipinski definition) is 4. The lowest BCUT2D eigenvalue weighted by molar-refractivity contribution is -0.184. The van der Waals surface area contributed by atoms with Gasteiger partial charge in [0.2, 0.25) is 0 Å². The van der Waals surface area contributed by atoms with Gasteiger partial charge in [0.05, 0.1) is 7.11 Å². The number of methoxy groups -OCH3 is 1. The highest BCUT2D eigenvalue weighted by atomic mass is 19.1. The number of halogens is 1. The summed E-state index contributed by atoms with van der Waals surface area (Å²) in [6.45, 7) is 1.60. The molecule has 2 aromatic carbocycles. The molecule has 1 N–H and O–H groups in total. The van der Waals surface area contributed by atoms with Crippen molar-refractivity contribution in [3.63, 3.8) is 0 Å². The molecule has 0 heterocycles. The maximum Gasteiger partial charge on any atom is 0.363 e. The van der Waals surface area contributed by atoms with E-state index >= 15 is 4.39 Å². The van der Waals surface area contributed by atoms with Crippen molar-refractivity contribution >= 4 is 11.9 Å². The van der Waals surface area contributed by atoms with Crippen molar-refractivity contribution in [3.8, 4) is 0 Å². The number of nitrogens with one attached hydrogen (secondary N) is 1. The summed E-state index contributed by atoms with van der Waals surface area (Å²) in [6, 6.07) is 16.2. The molecule has 25 heavy (non-hydrogen) atoms. The van der Waals surface area contributed by atoms with Gasteiger partial charge < -0.3 is 14.8 Å². The van der Waals surface area contributed by atoms with Gasteiger partial charge in [-0.1, -0.05) is 48.5 Å². The predicted octanol–water partition coefficient (Wildman–Crippen LogP) is 3.03. The topological polar surface area (TPSA) is 64.6 Å². The SMILES string of the molecule is CCOC(NC(=O)c1ccccc1)(C(=O)OC)C(F)c1ccccc1. The quantitative estimate of drug-likeness (QED) is 0.619. The van der Waals surface area contributed by atoms with Crippen LogP contribution < -0.4 is 5.32 Å². The number of carbonyl (C=O) groups excluding carboxylic acids is 2. The Hall–Kier alpha value is -2.73. The third kappa shape index (κ3) is 4.03. The van der Waals surface area contributed by atoms with Crippen LogP contribution in [0.5, 0.6) is 0 Å². The molecular formula is C19H20FNO4. The molecule has 1 amide bonds. The highest BCUT2D eigenvalue weighted by Gasteiger charge is 2.51. The van der Waals surface area contributed by atoms with Crippen LogP contribution in [0.3, 0.4) is 0 Å². The Balaban J connectivity index is 2.44. The van der Waals surface area contributed by atoms with E-state index in [0.717, 1.165) is 7.11 Å². The summed E-state index contributed by atoms with van der Waals surface area (Å²) in [5, 5.41) is 2.39. The van der Waals surface area contributed by atoms with Gasteiger partial charge in [-0.05, 0) is 24.6 Å². The van der Waals surface area contributed by atoms with Crippen molar-refractivity contribution in [2.45, 2.75) is 18.8 Å². The fraction of sp³-hybridized carbons (Fsp3) is 0.263. The second-order valence-corrected chi connectivity index (χ2v) is 5.25. The van der Waals surface area contributed by atoms with E-state index in [-0.39, 0.29) is 17.7 Å². The molecule has 0 aromatic heterocycles. The van der Waals surface area contributed by atoms with Gasteiger partial charge in [-0.25, -0.2) is 9.18 Å². The molecule has 0 saturated heterocycles. The molecule has 0 spiro atoms. The molecule has 5 nitrogen and oxygen atoms in total. The van der Waals surface area contributed by atoms with Crippen LogP contribution in [0.15, 0.2) is 60.7 Å². The molecule has 2 atom stereocenters. The Morgan fingerprint density at radius 2 is 1.64 bits per heavy atom. The van der Waals surface area contributed by atoms with E-state index in [4.69, 9.17) is 9.47 Å². The Morgan fingerprint density at radius 3 is 2.16 bits per heavy atom. The van der Waals surface area contributed by atoms with Crippen molar-refractivity contribution in [2.24, 2.45) is 0 Å². The van der Waals surface area contributed by atoms with Gasteiger partial charge in [-0.2, -0.15) is 0 Å². The molecule has 6 heteroatoms. The van der Waals surface area contributed by atoms with E-state index in [1.807, 2.05) is 0 Å². The van der Waals surface area contributed by atoms with Gasteiger partial charge in [-0.3, -0.25) is 4.79 Å². The summed E-state index contributed by atoms with van der Waals surface area (Å²) in [4.78, 5) is 24.9. The van der Waals surface area contributed by atoms with E-state index in [0.29, 0.717) is 0 Å². The largest absolute Gasteiger partial charge is 0.465 e. The van der Waals surface area contributed by atoms with Crippen LogP contribution >= 0.6 is 0 Å². The normalized spacial score (nSPS) is 14.2. The van der Waals surface area contributed by atoms with Gasteiger partial charge in [0.1, 0.15) is 0 Å². The van der Waals surface area contributed by atoms with Crippen LogP contribution in [0.25, 0.3) is 0 Å². The van der Waals surface area contributed by atoms with Crippen LogP contribution in [-0.4, -0.2) is 31.3 Å². The van der Waals surface area contributed by atoms with Gasteiger partial charge in [0, 0.05) is 12.2 Å². The number of carbonyl (C=O) groups is 2. The number of alkyl halides is 1. The Labute approximate surface area is 145 Å². The standard InChI is InChI=1S/C19H20FNO4/c1-3-25-19(18(23)24-2,16(20)14-10-6-4-7-11-14)21-17(22)15-12-8-5-9-13-15/h4-13,16H,3H2,1-2H3,(H,21,22). The molecule has 132 valence electrons. The third-order valence-corrected chi connectivity index (χ3v) is 3.65. The minimum Gasteiger partial charge on any atom is -0.465 e. The molecule has 0 bridgehead atoms. The molecular weight excluding hydrogens is 325 g/mol. The molecule has 2 aromatic rings. The van der Waals surface area contributed by atoms with Gasteiger partial charge in [0.15, 0.2) is 6.17 Å². The molecule has 0 aliphatic carbocycles. The minimum absolute atomic E-state index is 0.00256. The van der Waals surface area contributed by atoms with Crippen LogP contribution in [0.1, 0.15) is 29.0 Å². The first kappa shape index (κ1) is 18.6. The second-order valence-electron chi connectivity index (χ2n) is 5.25. The summed E-state index contributed by atoms with van der Waals surface area (Å²) in [5.41, 5.74) is -1.82. The third-order valence-electron chi connectivity index (χ3n) is 3.65. The Kier molecular flexibility index (Phi) is 6.25. The summed E-state index contributed by atoms with van der Waals surface area (Å²) >= 11 is 0. The van der Waals surface area contributed by atoms with Crippen LogP contribution in [0.4, 0.5) is 4.39 Å². The summed E-state index contributed by atoms with van der Waals surface area (Å²) in [6.07, 6.45) is -1.95. The van der Waals surface area contributed by atoms with Crippen LogP contribution in [-0.2, 0) is 14.3 Å². The molecule has 2 rings (SSSR count). The van der Waals surface area contributed by atoms with Gasteiger partial charge in [0.25, 0.3) is 11.6 Å². The summed E-state index contributed by atoms with van der Waals surface area (Å²) in [7, 11) is 1.11. The molecule has 0 aliphatic rings. The molecule has 0 fully saturated rings. The van der Waals surface area contributed by atoms with Crippen molar-refractivity contribution in [1.82, 2.24) is 5.32 Å². The zero-order valence-corrected chi connectivity index (χ0v) is 14.1. The lowest BCUT2D eigenvalue weighted by Gasteiger charge is -2.34. The monoisotopic (exact) mass is 345 g/mol. The average molecular weight is 345 g/mol. The number of esters is 1. The van der Waals surface area contributed by atoms with Crippen LogP contribution in [0.2, 0.25) is 0 Å². The van der Waals surface area contributed by atoms with E-state index in [9.17, 15) is 9.59 Å². The number of benzene rings is 2. The average Bonchev–Trinajstić information content (AvgIpc) is 2.67. The summed E-state index contributed by atoms with van der Waals surface area (Å²) in [5.74, 6) is -1.66. The zero-order chi connectivity index (χ0) is 18.3. The smallest absolute Gasteiger partial charge is 0.363 e. The highest BCUT2D eigenvalue weighted by Crippen LogP contribution is 2.32. The summed E-state index contributed by atoms with van der Waals surface area (Å²) < 4.78 is 25.5. The van der Waals surface area contributed by atoms with Crippen LogP contribution in [0, 0.1) is 0 Å². The van der Waals surface area contributed by atoms with E-state index < -0.39 is 23.8 Å². The fourth-order valence-corrected chi connectivity index (χ4v) is 2.45. The molecule has 0 radical (unpaired) electrons. The Morgan fingerprint density at radius 1 is 1.08 bits per heavy atom. The highest BCUT2D eigenvalue weighted by molar-refractivity contribution is 5.97. The minimum atomic E-state index is -2.28. The maximum absolute atomic E-state index is 15.3. The van der Waals surface area contributed by atoms with Gasteiger partial charge >= 0.3 is 5.97 Å². The molecule has 2 unspecified atom stereocenters. The van der Waals surface area contributed by atoms with Gasteiger partial charge in [-0.15, -0.1) is 0 Å².